The summed E-state index contributed by atoms with van der Waals surface area (Å²) in [6.45, 7) is 6.63. The maximum atomic E-state index is 12.3. The van der Waals surface area contributed by atoms with E-state index in [4.69, 9.17) is 0 Å². The molecule has 0 aromatic heterocycles. The van der Waals surface area contributed by atoms with Gasteiger partial charge in [-0.05, 0) is 26.2 Å². The van der Waals surface area contributed by atoms with E-state index in [1.165, 1.54) is 89.0 Å². The van der Waals surface area contributed by atoms with Gasteiger partial charge in [0.05, 0.1) is 6.04 Å². The van der Waals surface area contributed by atoms with E-state index >= 15 is 0 Å². The fourth-order valence-electron chi connectivity index (χ4n) is 4.36. The van der Waals surface area contributed by atoms with Gasteiger partial charge in [-0.1, -0.05) is 109 Å². The number of carbonyl (C=O) groups excluding carboxylic acids is 2. The van der Waals surface area contributed by atoms with Gasteiger partial charge in [-0.2, -0.15) is 0 Å². The van der Waals surface area contributed by atoms with E-state index in [9.17, 15) is 9.59 Å². The number of unbranched alkanes of at least 4 members (excludes halogenated alkanes) is 13. The van der Waals surface area contributed by atoms with Crippen LogP contribution in [0.25, 0.3) is 0 Å². The van der Waals surface area contributed by atoms with E-state index in [0.29, 0.717) is 12.8 Å². The van der Waals surface area contributed by atoms with Gasteiger partial charge >= 0.3 is 0 Å². The van der Waals surface area contributed by atoms with Gasteiger partial charge in [-0.15, -0.1) is 0 Å². The van der Waals surface area contributed by atoms with Gasteiger partial charge in [-0.3, -0.25) is 14.5 Å². The maximum absolute atomic E-state index is 12.3. The summed E-state index contributed by atoms with van der Waals surface area (Å²) in [4.78, 5) is 26.2. The molecular weight excluding hydrogens is 358 g/mol. The molecule has 1 fully saturated rings. The summed E-state index contributed by atoms with van der Waals surface area (Å²) in [6.07, 6.45) is 23.2. The molecule has 1 unspecified atom stereocenters. The summed E-state index contributed by atoms with van der Waals surface area (Å²) in [5.41, 5.74) is 1.23. The van der Waals surface area contributed by atoms with Crippen LogP contribution in [0.3, 0.4) is 0 Å². The molecule has 0 saturated carbocycles. The van der Waals surface area contributed by atoms with Gasteiger partial charge in [0.15, 0.2) is 0 Å². The highest BCUT2D eigenvalue weighted by molar-refractivity contribution is 6.02. The van der Waals surface area contributed by atoms with Crippen LogP contribution in [0.15, 0.2) is 11.6 Å². The van der Waals surface area contributed by atoms with Crippen molar-refractivity contribution in [3.63, 3.8) is 0 Å². The molecule has 0 radical (unpaired) electrons. The van der Waals surface area contributed by atoms with Crippen LogP contribution in [-0.2, 0) is 9.59 Å². The fraction of sp³-hybridized carbons (Fsp3) is 0.846. The minimum absolute atomic E-state index is 0.00211. The third-order valence-corrected chi connectivity index (χ3v) is 6.28. The molecule has 168 valence electrons. The lowest BCUT2D eigenvalue weighted by atomic mass is 9.97. The maximum Gasteiger partial charge on any atom is 0.230 e. The van der Waals surface area contributed by atoms with Crippen LogP contribution in [0.4, 0.5) is 0 Å². The Labute approximate surface area is 180 Å². The van der Waals surface area contributed by atoms with Gasteiger partial charge in [0.25, 0.3) is 0 Å². The predicted molar refractivity (Wildman–Crippen MR) is 124 cm³/mol. The second-order valence-electron chi connectivity index (χ2n) is 8.94. The number of hydrogen-bond acceptors (Lipinski definition) is 2. The van der Waals surface area contributed by atoms with Crippen LogP contribution in [-0.4, -0.2) is 22.8 Å². The minimum Gasteiger partial charge on any atom is -0.275 e. The lowest BCUT2D eigenvalue weighted by Crippen LogP contribution is -2.40. The van der Waals surface area contributed by atoms with E-state index in [1.54, 1.807) is 4.90 Å². The zero-order valence-electron chi connectivity index (χ0n) is 19.6. The molecule has 0 aromatic rings. The van der Waals surface area contributed by atoms with Crippen molar-refractivity contribution in [2.45, 2.75) is 142 Å². The van der Waals surface area contributed by atoms with Gasteiger partial charge < -0.3 is 0 Å². The highest BCUT2D eigenvalue weighted by Gasteiger charge is 2.35. The number of carbonyl (C=O) groups is 2. The topological polar surface area (TPSA) is 37.4 Å². The highest BCUT2D eigenvalue weighted by Crippen LogP contribution is 2.25. The van der Waals surface area contributed by atoms with E-state index in [0.717, 1.165) is 19.3 Å². The quantitative estimate of drug-likeness (QED) is 0.133. The molecule has 2 amide bonds. The van der Waals surface area contributed by atoms with E-state index in [1.807, 2.05) is 0 Å². The molecule has 3 nitrogen and oxygen atoms in total. The highest BCUT2D eigenvalue weighted by atomic mass is 16.2. The van der Waals surface area contributed by atoms with Crippen molar-refractivity contribution in [2.24, 2.45) is 0 Å². The number of hydrogen-bond donors (Lipinski definition) is 0. The summed E-state index contributed by atoms with van der Waals surface area (Å²) < 4.78 is 0. The Hall–Kier alpha value is -1.12. The second-order valence-corrected chi connectivity index (χ2v) is 8.94. The first-order valence-corrected chi connectivity index (χ1v) is 12.6. The third kappa shape index (κ3) is 11.0. The van der Waals surface area contributed by atoms with Crippen molar-refractivity contribution in [2.75, 3.05) is 0 Å². The molecule has 0 N–H and O–H groups in total. The standard InChI is InChI=1S/C26H47NO2/c1-4-6-8-10-12-13-14-15-17-19-23(3)24(20-18-16-11-9-7-5-2)27-25(28)21-22-26(27)29/h19,24H,4-18,20-22H2,1-3H3/b23-19+. The first-order valence-electron chi connectivity index (χ1n) is 12.6. The Kier molecular flexibility index (Phi) is 14.9. The Morgan fingerprint density at radius 3 is 1.72 bits per heavy atom. The third-order valence-electron chi connectivity index (χ3n) is 6.28. The molecule has 0 aromatic carbocycles. The molecule has 1 aliphatic heterocycles. The number of rotatable bonds is 18. The monoisotopic (exact) mass is 405 g/mol. The molecule has 29 heavy (non-hydrogen) atoms. The van der Waals surface area contributed by atoms with Crippen molar-refractivity contribution < 1.29 is 9.59 Å². The normalized spacial score (nSPS) is 16.1. The van der Waals surface area contributed by atoms with Crippen LogP contribution in [0.1, 0.15) is 136 Å². The zero-order chi connectivity index (χ0) is 21.3. The van der Waals surface area contributed by atoms with Gasteiger partial charge in [-0.25, -0.2) is 0 Å². The van der Waals surface area contributed by atoms with Crippen LogP contribution < -0.4 is 0 Å². The number of likely N-dealkylation sites (tertiary alicyclic amines) is 1. The van der Waals surface area contributed by atoms with E-state index in [-0.39, 0.29) is 17.9 Å². The fourth-order valence-corrected chi connectivity index (χ4v) is 4.36. The average molecular weight is 406 g/mol. The van der Waals surface area contributed by atoms with Crippen molar-refractivity contribution >= 4 is 11.8 Å². The van der Waals surface area contributed by atoms with Gasteiger partial charge in [0.1, 0.15) is 0 Å². The Morgan fingerprint density at radius 2 is 1.21 bits per heavy atom. The summed E-state index contributed by atoms with van der Waals surface area (Å²) >= 11 is 0. The van der Waals surface area contributed by atoms with Crippen LogP contribution in [0.2, 0.25) is 0 Å². The SMILES string of the molecule is CCCCCCCCCC/C=C(\C)C(CCCCCCCC)N1C(=O)CCC1=O. The van der Waals surface area contributed by atoms with E-state index < -0.39 is 0 Å². The predicted octanol–water partition coefficient (Wildman–Crippen LogP) is 7.73. The van der Waals surface area contributed by atoms with E-state index in [2.05, 4.69) is 26.8 Å². The van der Waals surface area contributed by atoms with Gasteiger partial charge in [0.2, 0.25) is 11.8 Å². The second kappa shape index (κ2) is 16.7. The van der Waals surface area contributed by atoms with Crippen LogP contribution in [0, 0.1) is 0 Å². The molecule has 1 rings (SSSR count). The van der Waals surface area contributed by atoms with Crippen molar-refractivity contribution in [1.82, 2.24) is 4.90 Å². The molecule has 0 bridgehead atoms. The van der Waals surface area contributed by atoms with Crippen molar-refractivity contribution in [3.8, 4) is 0 Å². The molecule has 1 atom stereocenters. The number of nitrogens with zero attached hydrogens (tertiary/aromatic N) is 1. The zero-order valence-corrected chi connectivity index (χ0v) is 19.6. The lowest BCUT2D eigenvalue weighted by Gasteiger charge is -2.27. The lowest BCUT2D eigenvalue weighted by molar-refractivity contribution is -0.140. The molecular formula is C26H47NO2. The Bertz CT molecular complexity index is 467. The smallest absolute Gasteiger partial charge is 0.230 e. The van der Waals surface area contributed by atoms with Crippen LogP contribution >= 0.6 is 0 Å². The molecule has 1 heterocycles. The average Bonchev–Trinajstić information content (AvgIpc) is 3.04. The Morgan fingerprint density at radius 1 is 0.759 bits per heavy atom. The molecule has 0 aliphatic carbocycles. The number of imide groups is 1. The van der Waals surface area contributed by atoms with Gasteiger partial charge in [0, 0.05) is 12.8 Å². The van der Waals surface area contributed by atoms with Crippen molar-refractivity contribution in [3.05, 3.63) is 11.6 Å². The first-order chi connectivity index (χ1) is 14.1. The Balaban J connectivity index is 2.41. The summed E-state index contributed by atoms with van der Waals surface area (Å²) in [7, 11) is 0. The summed E-state index contributed by atoms with van der Waals surface area (Å²) in [5.74, 6) is 0.0663. The van der Waals surface area contributed by atoms with Crippen LogP contribution in [0.5, 0.6) is 0 Å². The summed E-state index contributed by atoms with van der Waals surface area (Å²) in [6, 6.07) is -0.00211. The minimum atomic E-state index is -0.00211. The summed E-state index contributed by atoms with van der Waals surface area (Å²) in [5, 5.41) is 0. The first kappa shape index (κ1) is 25.9. The molecule has 3 heteroatoms. The molecule has 0 spiro atoms. The number of amides is 2. The van der Waals surface area contributed by atoms with Crippen molar-refractivity contribution in [1.29, 1.82) is 0 Å². The number of allylic oxidation sites excluding steroid dienone is 1. The molecule has 1 aliphatic rings. The largest absolute Gasteiger partial charge is 0.275 e. The molecule has 1 saturated heterocycles.